The first-order valence-electron chi connectivity index (χ1n) is 7.75. The van der Waals surface area contributed by atoms with Gasteiger partial charge in [-0.3, -0.25) is 14.3 Å². The Morgan fingerprint density at radius 1 is 1.27 bits per heavy atom. The van der Waals surface area contributed by atoms with Crippen LogP contribution < -0.4 is 5.56 Å². The van der Waals surface area contributed by atoms with Gasteiger partial charge in [0.15, 0.2) is 5.88 Å². The van der Waals surface area contributed by atoms with Gasteiger partial charge in [0, 0.05) is 44.8 Å². The Labute approximate surface area is 131 Å². The number of hydrogen-bond donors (Lipinski definition) is 1. The molecule has 0 unspecified atom stereocenters. The highest BCUT2D eigenvalue weighted by Crippen LogP contribution is 2.24. The smallest absolute Gasteiger partial charge is 0.271 e. The van der Waals surface area contributed by atoms with Gasteiger partial charge >= 0.3 is 0 Å². The van der Waals surface area contributed by atoms with Crippen molar-refractivity contribution in [3.05, 3.63) is 27.0 Å². The van der Waals surface area contributed by atoms with E-state index in [4.69, 9.17) is 0 Å². The number of aromatic nitrogens is 1. The lowest BCUT2D eigenvalue weighted by Gasteiger charge is -2.33. The zero-order valence-electron chi connectivity index (χ0n) is 13.6. The molecule has 1 N–H and O–H groups in total. The Kier molecular flexibility index (Phi) is 5.22. The summed E-state index contributed by atoms with van der Waals surface area (Å²) in [6.45, 7) is 8.51. The van der Waals surface area contributed by atoms with Crippen molar-refractivity contribution in [3.8, 4) is 11.9 Å². The van der Waals surface area contributed by atoms with Crippen LogP contribution in [0, 0.1) is 18.3 Å². The summed E-state index contributed by atoms with van der Waals surface area (Å²) in [7, 11) is 2.09. The molecule has 0 aliphatic carbocycles. The van der Waals surface area contributed by atoms with Gasteiger partial charge < -0.3 is 10.0 Å². The van der Waals surface area contributed by atoms with Crippen molar-refractivity contribution < 1.29 is 5.11 Å². The summed E-state index contributed by atoms with van der Waals surface area (Å²) in [4.78, 5) is 16.8. The largest absolute Gasteiger partial charge is 0.494 e. The molecule has 2 rings (SSSR count). The first-order chi connectivity index (χ1) is 10.5. The van der Waals surface area contributed by atoms with Crippen molar-refractivity contribution in [2.75, 3.05) is 33.2 Å². The second-order valence-corrected chi connectivity index (χ2v) is 5.95. The summed E-state index contributed by atoms with van der Waals surface area (Å²) in [5.74, 6) is 0.0160. The van der Waals surface area contributed by atoms with Crippen LogP contribution in [0.4, 0.5) is 0 Å². The predicted octanol–water partition coefficient (Wildman–Crippen LogP) is 0.891. The molecule has 0 atom stereocenters. The molecule has 1 fully saturated rings. The minimum Gasteiger partial charge on any atom is -0.494 e. The van der Waals surface area contributed by atoms with E-state index in [0.29, 0.717) is 24.2 Å². The van der Waals surface area contributed by atoms with Crippen LogP contribution in [-0.2, 0) is 13.1 Å². The fourth-order valence-corrected chi connectivity index (χ4v) is 2.85. The van der Waals surface area contributed by atoms with Crippen LogP contribution in [0.2, 0.25) is 0 Å². The van der Waals surface area contributed by atoms with Gasteiger partial charge in [-0.2, -0.15) is 5.26 Å². The SMILES string of the molecule is CCCn1c(O)c(CN2CCN(C)CC2)c(C)c(C#N)c1=O. The highest BCUT2D eigenvalue weighted by molar-refractivity contribution is 5.45. The summed E-state index contributed by atoms with van der Waals surface area (Å²) >= 11 is 0. The number of hydrogen-bond acceptors (Lipinski definition) is 5. The number of nitriles is 1. The van der Waals surface area contributed by atoms with Crippen molar-refractivity contribution in [2.24, 2.45) is 0 Å². The third kappa shape index (κ3) is 3.16. The maximum atomic E-state index is 12.3. The fraction of sp³-hybridized carbons (Fsp3) is 0.625. The average Bonchev–Trinajstić information content (AvgIpc) is 2.50. The van der Waals surface area contributed by atoms with Gasteiger partial charge in [0.2, 0.25) is 0 Å². The van der Waals surface area contributed by atoms with Gasteiger partial charge in [-0.15, -0.1) is 0 Å². The van der Waals surface area contributed by atoms with E-state index in [9.17, 15) is 15.2 Å². The molecule has 0 radical (unpaired) electrons. The van der Waals surface area contributed by atoms with Crippen molar-refractivity contribution in [1.29, 1.82) is 5.26 Å². The quantitative estimate of drug-likeness (QED) is 0.894. The van der Waals surface area contributed by atoms with Gasteiger partial charge in [-0.05, 0) is 26.0 Å². The van der Waals surface area contributed by atoms with Gasteiger partial charge in [0.05, 0.1) is 0 Å². The molecule has 120 valence electrons. The zero-order valence-corrected chi connectivity index (χ0v) is 13.6. The lowest BCUT2D eigenvalue weighted by atomic mass is 10.0. The Bertz CT molecular complexity index is 637. The molecule has 0 saturated carbocycles. The highest BCUT2D eigenvalue weighted by atomic mass is 16.3. The summed E-state index contributed by atoms with van der Waals surface area (Å²) in [5, 5.41) is 19.8. The molecule has 1 aliphatic rings. The molecule has 22 heavy (non-hydrogen) atoms. The molecule has 0 aromatic carbocycles. The number of rotatable bonds is 4. The molecule has 1 aromatic heterocycles. The predicted molar refractivity (Wildman–Crippen MR) is 84.9 cm³/mol. The van der Waals surface area contributed by atoms with E-state index < -0.39 is 0 Å². The summed E-state index contributed by atoms with van der Waals surface area (Å²) in [6, 6.07) is 2.00. The Hall–Kier alpha value is -1.84. The van der Waals surface area contributed by atoms with E-state index in [-0.39, 0.29) is 17.0 Å². The van der Waals surface area contributed by atoms with Crippen LogP contribution >= 0.6 is 0 Å². The molecule has 2 heterocycles. The van der Waals surface area contributed by atoms with Crippen molar-refractivity contribution in [1.82, 2.24) is 14.4 Å². The fourth-order valence-electron chi connectivity index (χ4n) is 2.85. The van der Waals surface area contributed by atoms with Gasteiger partial charge in [0.1, 0.15) is 11.6 Å². The molecule has 0 spiro atoms. The Balaban J connectivity index is 2.40. The van der Waals surface area contributed by atoms with Crippen LogP contribution in [0.1, 0.15) is 30.0 Å². The lowest BCUT2D eigenvalue weighted by Crippen LogP contribution is -2.44. The summed E-state index contributed by atoms with van der Waals surface area (Å²) < 4.78 is 1.33. The van der Waals surface area contributed by atoms with Crippen LogP contribution in [0.3, 0.4) is 0 Å². The minimum atomic E-state index is -0.388. The highest BCUT2D eigenvalue weighted by Gasteiger charge is 2.22. The molecule has 6 heteroatoms. The van der Waals surface area contributed by atoms with E-state index in [0.717, 1.165) is 32.6 Å². The van der Waals surface area contributed by atoms with E-state index in [2.05, 4.69) is 16.8 Å². The van der Waals surface area contributed by atoms with Crippen LogP contribution in [0.5, 0.6) is 5.88 Å². The molecule has 1 aliphatic heterocycles. The van der Waals surface area contributed by atoms with Gasteiger partial charge in [0.25, 0.3) is 5.56 Å². The summed E-state index contributed by atoms with van der Waals surface area (Å²) in [5.41, 5.74) is 1.07. The first kappa shape index (κ1) is 16.5. The Morgan fingerprint density at radius 2 is 1.91 bits per heavy atom. The third-order valence-corrected chi connectivity index (χ3v) is 4.35. The summed E-state index contributed by atoms with van der Waals surface area (Å²) in [6.07, 6.45) is 0.731. The monoisotopic (exact) mass is 304 g/mol. The second-order valence-electron chi connectivity index (χ2n) is 5.95. The molecule has 0 amide bonds. The average molecular weight is 304 g/mol. The van der Waals surface area contributed by atoms with E-state index in [1.165, 1.54) is 4.57 Å². The number of piperazine rings is 1. The van der Waals surface area contributed by atoms with Crippen molar-refractivity contribution in [3.63, 3.8) is 0 Å². The van der Waals surface area contributed by atoms with E-state index in [1.807, 2.05) is 13.0 Å². The minimum absolute atomic E-state index is 0.0160. The Morgan fingerprint density at radius 3 is 2.45 bits per heavy atom. The number of aromatic hydroxyl groups is 1. The molecular formula is C16H24N4O2. The number of pyridine rings is 1. The topological polar surface area (TPSA) is 72.5 Å². The number of likely N-dealkylation sites (N-methyl/N-ethyl adjacent to an activating group) is 1. The second kappa shape index (κ2) is 6.95. The maximum absolute atomic E-state index is 12.3. The molecular weight excluding hydrogens is 280 g/mol. The molecule has 6 nitrogen and oxygen atoms in total. The van der Waals surface area contributed by atoms with Gasteiger partial charge in [-0.25, -0.2) is 0 Å². The number of nitrogens with zero attached hydrogens (tertiary/aromatic N) is 4. The van der Waals surface area contributed by atoms with Crippen molar-refractivity contribution >= 4 is 0 Å². The standard InChI is InChI=1S/C16H24N4O2/c1-4-5-20-15(21)13(10-17)12(2)14(16(20)22)11-19-8-6-18(3)7-9-19/h22H,4-9,11H2,1-3H3. The van der Waals surface area contributed by atoms with Crippen LogP contribution in [-0.4, -0.2) is 52.7 Å². The lowest BCUT2D eigenvalue weighted by molar-refractivity contribution is 0.146. The van der Waals surface area contributed by atoms with Gasteiger partial charge in [-0.1, -0.05) is 6.92 Å². The first-order valence-corrected chi connectivity index (χ1v) is 7.75. The van der Waals surface area contributed by atoms with E-state index >= 15 is 0 Å². The zero-order chi connectivity index (χ0) is 16.3. The third-order valence-electron chi connectivity index (χ3n) is 4.35. The van der Waals surface area contributed by atoms with Crippen LogP contribution in [0.15, 0.2) is 4.79 Å². The molecule has 0 bridgehead atoms. The van der Waals surface area contributed by atoms with Crippen molar-refractivity contribution in [2.45, 2.75) is 33.4 Å². The normalized spacial score (nSPS) is 16.6. The van der Waals surface area contributed by atoms with E-state index in [1.54, 1.807) is 6.92 Å². The maximum Gasteiger partial charge on any atom is 0.271 e. The molecule has 1 saturated heterocycles. The van der Waals surface area contributed by atoms with Crippen LogP contribution in [0.25, 0.3) is 0 Å². The molecule has 1 aromatic rings.